The van der Waals surface area contributed by atoms with Crippen LogP contribution in [0.2, 0.25) is 0 Å². The number of hydrogen-bond donors (Lipinski definition) is 1. The van der Waals surface area contributed by atoms with Gasteiger partial charge in [0.2, 0.25) is 5.91 Å². The van der Waals surface area contributed by atoms with E-state index in [1.165, 1.54) is 23.2 Å². The number of aryl methyl sites for hydroxylation is 2. The first-order chi connectivity index (χ1) is 12.1. The van der Waals surface area contributed by atoms with Gasteiger partial charge in [-0.25, -0.2) is 0 Å². The van der Waals surface area contributed by atoms with Crippen LogP contribution in [0.25, 0.3) is 0 Å². The maximum Gasteiger partial charge on any atom is 0.233 e. The maximum atomic E-state index is 12.4. The molecule has 1 atom stereocenters. The van der Waals surface area contributed by atoms with Gasteiger partial charge in [0, 0.05) is 30.2 Å². The number of nitrogens with zero attached hydrogens (tertiary/aromatic N) is 1. The standard InChI is InChI=1S/C21H26N2OS/c1-16-9-11-19(12-10-16)25-17(2)21(24)22-13-15-23-14-5-7-18-6-3-4-8-20(18)23/h3-4,6,8-12,17H,5,7,13-15H2,1-2H3,(H,22,24)/t17-/m0/s1. The van der Waals surface area contributed by atoms with Gasteiger partial charge in [-0.3, -0.25) is 4.79 Å². The van der Waals surface area contributed by atoms with Gasteiger partial charge in [0.15, 0.2) is 0 Å². The number of fused-ring (bicyclic) bond motifs is 1. The van der Waals surface area contributed by atoms with Gasteiger partial charge in [-0.05, 0) is 50.5 Å². The van der Waals surface area contributed by atoms with Crippen LogP contribution >= 0.6 is 11.8 Å². The molecule has 0 spiro atoms. The second kappa shape index (κ2) is 8.43. The fourth-order valence-electron chi connectivity index (χ4n) is 3.18. The van der Waals surface area contributed by atoms with Gasteiger partial charge >= 0.3 is 0 Å². The van der Waals surface area contributed by atoms with Crippen molar-refractivity contribution in [2.75, 3.05) is 24.5 Å². The number of para-hydroxylation sites is 1. The number of carbonyl (C=O) groups is 1. The fourth-order valence-corrected chi connectivity index (χ4v) is 4.07. The van der Waals surface area contributed by atoms with Gasteiger partial charge in [0.05, 0.1) is 5.25 Å². The highest BCUT2D eigenvalue weighted by Gasteiger charge is 2.17. The van der Waals surface area contributed by atoms with Gasteiger partial charge in [-0.15, -0.1) is 11.8 Å². The molecule has 0 radical (unpaired) electrons. The third kappa shape index (κ3) is 4.79. The van der Waals surface area contributed by atoms with E-state index in [4.69, 9.17) is 0 Å². The van der Waals surface area contributed by atoms with E-state index >= 15 is 0 Å². The van der Waals surface area contributed by atoms with Crippen molar-refractivity contribution in [3.63, 3.8) is 0 Å². The molecule has 1 aliphatic heterocycles. The lowest BCUT2D eigenvalue weighted by Gasteiger charge is -2.31. The molecule has 1 aliphatic rings. The highest BCUT2D eigenvalue weighted by Crippen LogP contribution is 2.26. The third-order valence-electron chi connectivity index (χ3n) is 4.59. The molecular weight excluding hydrogens is 328 g/mol. The van der Waals surface area contributed by atoms with E-state index in [1.54, 1.807) is 11.8 Å². The summed E-state index contributed by atoms with van der Waals surface area (Å²) in [5.74, 6) is 0.107. The molecule has 0 aliphatic carbocycles. The zero-order chi connectivity index (χ0) is 17.6. The van der Waals surface area contributed by atoms with E-state index in [9.17, 15) is 4.79 Å². The summed E-state index contributed by atoms with van der Waals surface area (Å²) in [4.78, 5) is 15.9. The largest absolute Gasteiger partial charge is 0.370 e. The Kier molecular flexibility index (Phi) is 6.03. The minimum absolute atomic E-state index is 0.0867. The number of nitrogens with one attached hydrogen (secondary N) is 1. The van der Waals surface area contributed by atoms with Crippen molar-refractivity contribution in [2.45, 2.75) is 36.8 Å². The molecular formula is C21H26N2OS. The van der Waals surface area contributed by atoms with Crippen molar-refractivity contribution in [2.24, 2.45) is 0 Å². The van der Waals surface area contributed by atoms with Crippen LogP contribution in [0.1, 0.15) is 24.5 Å². The summed E-state index contributed by atoms with van der Waals surface area (Å²) in [7, 11) is 0. The number of anilines is 1. The first-order valence-electron chi connectivity index (χ1n) is 8.97. The Morgan fingerprint density at radius 3 is 2.76 bits per heavy atom. The van der Waals surface area contributed by atoms with E-state index in [1.807, 2.05) is 6.92 Å². The van der Waals surface area contributed by atoms with Crippen molar-refractivity contribution in [1.82, 2.24) is 5.32 Å². The molecule has 3 nitrogen and oxygen atoms in total. The zero-order valence-corrected chi connectivity index (χ0v) is 15.8. The van der Waals surface area contributed by atoms with E-state index in [2.05, 4.69) is 65.7 Å². The van der Waals surface area contributed by atoms with Crippen molar-refractivity contribution < 1.29 is 4.79 Å². The fraction of sp³-hybridized carbons (Fsp3) is 0.381. The minimum Gasteiger partial charge on any atom is -0.370 e. The first kappa shape index (κ1) is 17.9. The van der Waals surface area contributed by atoms with Gasteiger partial charge in [-0.2, -0.15) is 0 Å². The van der Waals surface area contributed by atoms with Gasteiger partial charge in [0.1, 0.15) is 0 Å². The Labute approximate surface area is 154 Å². The molecule has 132 valence electrons. The molecule has 4 heteroatoms. The smallest absolute Gasteiger partial charge is 0.233 e. The number of hydrogen-bond acceptors (Lipinski definition) is 3. The third-order valence-corrected chi connectivity index (χ3v) is 5.70. The van der Waals surface area contributed by atoms with Crippen LogP contribution in [0.3, 0.4) is 0 Å². The second-order valence-corrected chi connectivity index (χ2v) is 8.00. The SMILES string of the molecule is Cc1ccc(S[C@@H](C)C(=O)NCCN2CCCc3ccccc32)cc1. The minimum atomic E-state index is -0.0867. The molecule has 0 aromatic heterocycles. The number of rotatable bonds is 6. The number of carbonyl (C=O) groups excluding carboxylic acids is 1. The lowest BCUT2D eigenvalue weighted by Crippen LogP contribution is -2.39. The molecule has 3 rings (SSSR count). The Balaban J connectivity index is 1.47. The average Bonchev–Trinajstić information content (AvgIpc) is 2.63. The van der Waals surface area contributed by atoms with Crippen LogP contribution in [0.15, 0.2) is 53.4 Å². The number of thioether (sulfide) groups is 1. The molecule has 2 aromatic rings. The summed E-state index contributed by atoms with van der Waals surface area (Å²) in [6.07, 6.45) is 2.34. The highest BCUT2D eigenvalue weighted by atomic mass is 32.2. The van der Waals surface area contributed by atoms with Crippen molar-refractivity contribution in [3.8, 4) is 0 Å². The van der Waals surface area contributed by atoms with Crippen LogP contribution in [-0.2, 0) is 11.2 Å². The Morgan fingerprint density at radius 2 is 1.96 bits per heavy atom. The number of benzene rings is 2. The van der Waals surface area contributed by atoms with Crippen molar-refractivity contribution in [3.05, 3.63) is 59.7 Å². The first-order valence-corrected chi connectivity index (χ1v) is 9.85. The van der Waals surface area contributed by atoms with Crippen LogP contribution in [0, 0.1) is 6.92 Å². The lowest BCUT2D eigenvalue weighted by atomic mass is 10.0. The summed E-state index contributed by atoms with van der Waals surface area (Å²) in [6, 6.07) is 16.9. The van der Waals surface area contributed by atoms with E-state index in [-0.39, 0.29) is 11.2 Å². The lowest BCUT2D eigenvalue weighted by molar-refractivity contribution is -0.120. The summed E-state index contributed by atoms with van der Waals surface area (Å²) < 4.78 is 0. The van der Waals surface area contributed by atoms with Gasteiger partial charge in [0.25, 0.3) is 0 Å². The predicted octanol–water partition coefficient (Wildman–Crippen LogP) is 4.04. The monoisotopic (exact) mass is 354 g/mol. The molecule has 1 N–H and O–H groups in total. The van der Waals surface area contributed by atoms with Crippen LogP contribution in [-0.4, -0.2) is 30.8 Å². The maximum absolute atomic E-state index is 12.4. The average molecular weight is 355 g/mol. The van der Waals surface area contributed by atoms with Gasteiger partial charge < -0.3 is 10.2 Å². The van der Waals surface area contributed by atoms with E-state index in [0.29, 0.717) is 6.54 Å². The summed E-state index contributed by atoms with van der Waals surface area (Å²) >= 11 is 1.61. The second-order valence-electron chi connectivity index (χ2n) is 6.58. The number of amides is 1. The molecule has 0 saturated heterocycles. The Bertz CT molecular complexity index is 714. The summed E-state index contributed by atoms with van der Waals surface area (Å²) in [6.45, 7) is 6.66. The molecule has 0 saturated carbocycles. The molecule has 0 fully saturated rings. The summed E-state index contributed by atoms with van der Waals surface area (Å²) in [5, 5.41) is 3.00. The van der Waals surface area contributed by atoms with Crippen LogP contribution < -0.4 is 10.2 Å². The molecule has 1 amide bonds. The molecule has 0 bridgehead atoms. The highest BCUT2D eigenvalue weighted by molar-refractivity contribution is 8.00. The molecule has 1 heterocycles. The van der Waals surface area contributed by atoms with Gasteiger partial charge in [-0.1, -0.05) is 35.9 Å². The molecule has 2 aromatic carbocycles. The quantitative estimate of drug-likeness (QED) is 0.795. The van der Waals surface area contributed by atoms with E-state index in [0.717, 1.165) is 24.4 Å². The van der Waals surface area contributed by atoms with Crippen molar-refractivity contribution >= 4 is 23.4 Å². The molecule has 0 unspecified atom stereocenters. The van der Waals surface area contributed by atoms with Crippen LogP contribution in [0.4, 0.5) is 5.69 Å². The topological polar surface area (TPSA) is 32.3 Å². The van der Waals surface area contributed by atoms with E-state index < -0.39 is 0 Å². The summed E-state index contributed by atoms with van der Waals surface area (Å²) in [5.41, 5.74) is 3.98. The Morgan fingerprint density at radius 1 is 1.20 bits per heavy atom. The zero-order valence-electron chi connectivity index (χ0n) is 15.0. The predicted molar refractivity (Wildman–Crippen MR) is 106 cm³/mol. The van der Waals surface area contributed by atoms with Crippen LogP contribution in [0.5, 0.6) is 0 Å². The molecule has 25 heavy (non-hydrogen) atoms. The Hall–Kier alpha value is -1.94. The normalized spacial score (nSPS) is 14.7. The van der Waals surface area contributed by atoms with Crippen molar-refractivity contribution in [1.29, 1.82) is 0 Å².